The van der Waals surface area contributed by atoms with E-state index in [9.17, 15) is 0 Å². The van der Waals surface area contributed by atoms with Crippen LogP contribution in [0.3, 0.4) is 0 Å². The van der Waals surface area contributed by atoms with E-state index in [0.29, 0.717) is 30.6 Å². The molecule has 3 saturated heterocycles. The number of aliphatic imine (C=N–C) groups is 1. The fourth-order valence-electron chi connectivity index (χ4n) is 4.30. The minimum Gasteiger partial charge on any atom is -0.374 e. The molecule has 3 aliphatic heterocycles. The van der Waals surface area contributed by atoms with E-state index in [4.69, 9.17) is 4.74 Å². The Labute approximate surface area is 153 Å². The number of guanidine groups is 1. The topological polar surface area (TPSA) is 67.6 Å². The van der Waals surface area contributed by atoms with Crippen LogP contribution in [-0.4, -0.2) is 58.0 Å². The average molecular weight is 432 g/mol. The molecule has 8 heteroatoms. The van der Waals surface area contributed by atoms with Crippen LogP contribution >= 0.6 is 24.0 Å². The SMILES string of the molecule is CCn1cnnc1CNC(=NC)N1CC2C3CCC(O3)C2C1.I. The quantitative estimate of drug-likeness (QED) is 0.440. The Morgan fingerprint density at radius 2 is 2.04 bits per heavy atom. The van der Waals surface area contributed by atoms with Crippen molar-refractivity contribution in [2.24, 2.45) is 16.8 Å². The fraction of sp³-hybridized carbons (Fsp3) is 0.800. The molecule has 4 heterocycles. The number of nitrogens with one attached hydrogen (secondary N) is 1. The second-order valence-corrected chi connectivity index (χ2v) is 6.46. The van der Waals surface area contributed by atoms with E-state index in [1.807, 2.05) is 11.6 Å². The summed E-state index contributed by atoms with van der Waals surface area (Å²) in [5.41, 5.74) is 0. The monoisotopic (exact) mass is 432 g/mol. The molecule has 1 aromatic heterocycles. The van der Waals surface area contributed by atoms with Crippen molar-refractivity contribution < 1.29 is 4.74 Å². The van der Waals surface area contributed by atoms with Gasteiger partial charge in [-0.2, -0.15) is 0 Å². The lowest BCUT2D eigenvalue weighted by molar-refractivity contribution is 0.0767. The number of nitrogens with zero attached hydrogens (tertiary/aromatic N) is 5. The molecule has 4 unspecified atom stereocenters. The van der Waals surface area contributed by atoms with Gasteiger partial charge in [0.25, 0.3) is 0 Å². The molecule has 1 N–H and O–H groups in total. The van der Waals surface area contributed by atoms with Crippen LogP contribution in [-0.2, 0) is 17.8 Å². The average Bonchev–Trinajstić information content (AvgIpc) is 3.29. The number of likely N-dealkylation sites (tertiary alicyclic amines) is 1. The van der Waals surface area contributed by atoms with Crippen molar-refractivity contribution in [3.8, 4) is 0 Å². The number of halogens is 1. The molecule has 0 spiro atoms. The third-order valence-corrected chi connectivity index (χ3v) is 5.41. The van der Waals surface area contributed by atoms with Crippen molar-refractivity contribution in [2.75, 3.05) is 20.1 Å². The third-order valence-electron chi connectivity index (χ3n) is 5.41. The van der Waals surface area contributed by atoms with E-state index in [1.165, 1.54) is 12.8 Å². The molecule has 0 radical (unpaired) electrons. The molecule has 7 nitrogen and oxygen atoms in total. The van der Waals surface area contributed by atoms with Crippen LogP contribution in [0.15, 0.2) is 11.3 Å². The summed E-state index contributed by atoms with van der Waals surface area (Å²) >= 11 is 0. The molecule has 23 heavy (non-hydrogen) atoms. The Hall–Kier alpha value is -0.900. The Balaban J connectivity index is 0.00000156. The van der Waals surface area contributed by atoms with Crippen LogP contribution < -0.4 is 5.32 Å². The van der Waals surface area contributed by atoms with Gasteiger partial charge in [0, 0.05) is 38.5 Å². The highest BCUT2D eigenvalue weighted by Gasteiger charge is 2.53. The summed E-state index contributed by atoms with van der Waals surface area (Å²) in [6.45, 7) is 5.77. The maximum atomic E-state index is 6.04. The molecule has 3 aliphatic rings. The smallest absolute Gasteiger partial charge is 0.194 e. The second kappa shape index (κ2) is 6.92. The highest BCUT2D eigenvalue weighted by molar-refractivity contribution is 14.0. The first kappa shape index (κ1) is 16.9. The van der Waals surface area contributed by atoms with E-state index in [1.54, 1.807) is 6.33 Å². The van der Waals surface area contributed by atoms with E-state index in [2.05, 4.69) is 32.3 Å². The summed E-state index contributed by atoms with van der Waals surface area (Å²) in [6, 6.07) is 0. The number of hydrogen-bond donors (Lipinski definition) is 1. The van der Waals surface area contributed by atoms with Crippen molar-refractivity contribution in [1.29, 1.82) is 0 Å². The fourth-order valence-corrected chi connectivity index (χ4v) is 4.30. The predicted molar refractivity (Wildman–Crippen MR) is 97.8 cm³/mol. The summed E-state index contributed by atoms with van der Waals surface area (Å²) < 4.78 is 8.09. The van der Waals surface area contributed by atoms with Crippen LogP contribution in [0.25, 0.3) is 0 Å². The van der Waals surface area contributed by atoms with Crippen LogP contribution in [0, 0.1) is 11.8 Å². The molecular formula is C15H25IN6O. The van der Waals surface area contributed by atoms with Gasteiger partial charge in [-0.25, -0.2) is 0 Å². The van der Waals surface area contributed by atoms with Gasteiger partial charge in [-0.15, -0.1) is 34.2 Å². The zero-order chi connectivity index (χ0) is 15.1. The number of fused-ring (bicyclic) bond motifs is 5. The van der Waals surface area contributed by atoms with Crippen molar-refractivity contribution in [2.45, 2.75) is 45.1 Å². The standard InChI is InChI=1S/C15H24N6O.HI/c1-3-20-9-18-19-14(20)6-17-15(16-2)21-7-10-11(8-21)13-5-4-12(10)22-13;/h9-13H,3-8H2,1-2H3,(H,16,17);1H. The molecule has 3 fully saturated rings. The van der Waals surface area contributed by atoms with Crippen molar-refractivity contribution >= 4 is 29.9 Å². The molecule has 1 aromatic rings. The van der Waals surface area contributed by atoms with Gasteiger partial charge in [0.1, 0.15) is 6.33 Å². The number of aryl methyl sites for hydroxylation is 1. The van der Waals surface area contributed by atoms with Crippen molar-refractivity contribution in [3.05, 3.63) is 12.2 Å². The summed E-state index contributed by atoms with van der Waals surface area (Å²) in [4.78, 5) is 6.84. The van der Waals surface area contributed by atoms with Gasteiger partial charge in [-0.05, 0) is 19.8 Å². The lowest BCUT2D eigenvalue weighted by Gasteiger charge is -2.23. The van der Waals surface area contributed by atoms with E-state index < -0.39 is 0 Å². The van der Waals surface area contributed by atoms with Gasteiger partial charge in [-0.1, -0.05) is 0 Å². The van der Waals surface area contributed by atoms with Gasteiger partial charge in [0.05, 0.1) is 18.8 Å². The summed E-state index contributed by atoms with van der Waals surface area (Å²) in [5.74, 6) is 3.30. The molecule has 2 bridgehead atoms. The Bertz CT molecular complexity index is 558. The van der Waals surface area contributed by atoms with Crippen LogP contribution in [0.4, 0.5) is 0 Å². The highest BCUT2D eigenvalue weighted by Crippen LogP contribution is 2.47. The molecule has 0 aromatic carbocycles. The number of hydrogen-bond acceptors (Lipinski definition) is 4. The van der Waals surface area contributed by atoms with E-state index >= 15 is 0 Å². The van der Waals surface area contributed by atoms with E-state index in [-0.39, 0.29) is 24.0 Å². The van der Waals surface area contributed by atoms with Gasteiger partial charge in [0.15, 0.2) is 11.8 Å². The van der Waals surface area contributed by atoms with Crippen molar-refractivity contribution in [1.82, 2.24) is 25.0 Å². The molecule has 0 aliphatic carbocycles. The molecular weight excluding hydrogens is 407 g/mol. The summed E-state index contributed by atoms with van der Waals surface area (Å²) in [5, 5.41) is 11.6. The number of ether oxygens (including phenoxy) is 1. The largest absolute Gasteiger partial charge is 0.374 e. The lowest BCUT2D eigenvalue weighted by atomic mass is 9.82. The Kier molecular flexibility index (Phi) is 5.10. The third kappa shape index (κ3) is 2.95. The minimum atomic E-state index is 0. The molecule has 4 atom stereocenters. The second-order valence-electron chi connectivity index (χ2n) is 6.46. The first-order valence-electron chi connectivity index (χ1n) is 8.28. The van der Waals surface area contributed by atoms with Crippen LogP contribution in [0.5, 0.6) is 0 Å². The van der Waals surface area contributed by atoms with Gasteiger partial charge >= 0.3 is 0 Å². The summed E-state index contributed by atoms with van der Waals surface area (Å²) in [7, 11) is 1.85. The zero-order valence-electron chi connectivity index (χ0n) is 13.7. The Morgan fingerprint density at radius 1 is 1.35 bits per heavy atom. The highest BCUT2D eigenvalue weighted by atomic mass is 127. The maximum Gasteiger partial charge on any atom is 0.194 e. The molecule has 128 valence electrons. The zero-order valence-corrected chi connectivity index (χ0v) is 16.0. The van der Waals surface area contributed by atoms with Gasteiger partial charge < -0.3 is 19.5 Å². The normalized spacial score (nSPS) is 32.1. The van der Waals surface area contributed by atoms with Gasteiger partial charge in [-0.3, -0.25) is 4.99 Å². The molecule has 4 rings (SSSR count). The lowest BCUT2D eigenvalue weighted by Crippen LogP contribution is -2.41. The number of rotatable bonds is 3. The Morgan fingerprint density at radius 3 is 2.65 bits per heavy atom. The molecule has 0 amide bonds. The molecule has 0 saturated carbocycles. The van der Waals surface area contributed by atoms with Gasteiger partial charge in [0.2, 0.25) is 0 Å². The van der Waals surface area contributed by atoms with Crippen molar-refractivity contribution in [3.63, 3.8) is 0 Å². The first-order valence-corrected chi connectivity index (χ1v) is 8.28. The number of aromatic nitrogens is 3. The minimum absolute atomic E-state index is 0. The maximum absolute atomic E-state index is 6.04. The van der Waals surface area contributed by atoms with Crippen LogP contribution in [0.2, 0.25) is 0 Å². The van der Waals surface area contributed by atoms with Crippen LogP contribution in [0.1, 0.15) is 25.6 Å². The summed E-state index contributed by atoms with van der Waals surface area (Å²) in [6.07, 6.45) is 5.23. The predicted octanol–water partition coefficient (Wildman–Crippen LogP) is 1.10. The van der Waals surface area contributed by atoms with E-state index in [0.717, 1.165) is 31.4 Å². The first-order chi connectivity index (χ1) is 10.8.